The summed E-state index contributed by atoms with van der Waals surface area (Å²) in [6.45, 7) is 4.52. The Kier molecular flexibility index (Phi) is 9.36. The number of nitrogens with zero attached hydrogens (tertiary/aromatic N) is 3. The Morgan fingerprint density at radius 2 is 2.00 bits per heavy atom. The van der Waals surface area contributed by atoms with Gasteiger partial charge in [-0.3, -0.25) is 0 Å². The van der Waals surface area contributed by atoms with Crippen molar-refractivity contribution in [2.45, 2.75) is 52.4 Å². The number of aliphatic imine (C=N–C) groups is 1. The molecule has 23 heavy (non-hydrogen) atoms. The van der Waals surface area contributed by atoms with Crippen LogP contribution in [0.15, 0.2) is 4.99 Å². The van der Waals surface area contributed by atoms with Crippen LogP contribution >= 0.6 is 11.6 Å². The van der Waals surface area contributed by atoms with Gasteiger partial charge in [0.1, 0.15) is 5.69 Å². The molecule has 1 aromatic rings. The number of hydrogen-bond donors (Lipinski definition) is 1. The highest BCUT2D eigenvalue weighted by atomic mass is 35.5. The van der Waals surface area contributed by atoms with E-state index in [0.717, 1.165) is 38.5 Å². The van der Waals surface area contributed by atoms with Gasteiger partial charge < -0.3 is 15.2 Å². The quantitative estimate of drug-likeness (QED) is 0.300. The molecular weight excluding hydrogens is 316 g/mol. The van der Waals surface area contributed by atoms with E-state index >= 15 is 0 Å². The second-order valence-corrected chi connectivity index (χ2v) is 5.61. The minimum absolute atomic E-state index is 0.300. The molecule has 1 rings (SSSR count). The largest absolute Gasteiger partial charge is 0.484 e. The van der Waals surface area contributed by atoms with Crippen LogP contribution < -0.4 is 10.5 Å². The number of halogens is 1. The third-order valence-corrected chi connectivity index (χ3v) is 3.56. The molecule has 0 atom stereocenters. The van der Waals surface area contributed by atoms with E-state index in [2.05, 4.69) is 21.9 Å². The van der Waals surface area contributed by atoms with Crippen LogP contribution in [0, 0.1) is 6.92 Å². The number of aryl methyl sites for hydroxylation is 1. The van der Waals surface area contributed by atoms with Crippen LogP contribution in [0.5, 0.6) is 6.01 Å². The molecule has 0 fully saturated rings. The van der Waals surface area contributed by atoms with Crippen molar-refractivity contribution in [2.24, 2.45) is 4.99 Å². The average Bonchev–Trinajstić information content (AvgIpc) is 2.53. The first-order valence-corrected chi connectivity index (χ1v) is 8.60. The molecule has 0 aliphatic carbocycles. The Morgan fingerprint density at radius 1 is 1.22 bits per heavy atom. The van der Waals surface area contributed by atoms with Crippen LogP contribution in [-0.2, 0) is 4.74 Å². The molecule has 0 unspecified atom stereocenters. The van der Waals surface area contributed by atoms with Crippen molar-refractivity contribution in [3.8, 4) is 6.01 Å². The highest BCUT2D eigenvalue weighted by Gasteiger charge is 2.11. The van der Waals surface area contributed by atoms with Gasteiger partial charge in [-0.1, -0.05) is 19.8 Å². The molecule has 0 aliphatic heterocycles. The summed E-state index contributed by atoms with van der Waals surface area (Å²) in [5, 5.41) is 0. The molecule has 0 aromatic carbocycles. The number of rotatable bonds is 10. The summed E-state index contributed by atoms with van der Waals surface area (Å²) >= 11 is 5.68. The van der Waals surface area contributed by atoms with Gasteiger partial charge in [0.15, 0.2) is 11.7 Å². The monoisotopic (exact) mass is 342 g/mol. The first kappa shape index (κ1) is 19.5. The Bertz CT molecular complexity index is 486. The van der Waals surface area contributed by atoms with E-state index in [4.69, 9.17) is 26.8 Å². The van der Waals surface area contributed by atoms with Crippen molar-refractivity contribution in [2.75, 3.05) is 25.3 Å². The zero-order chi connectivity index (χ0) is 17.1. The van der Waals surface area contributed by atoms with Gasteiger partial charge in [0.05, 0.1) is 19.4 Å². The standard InChI is InChI=1S/C16H27ClN4O2/c1-4-5-11-23-16-19-12(2)14(15(18)21-16)20-13(22-3)9-7-6-8-10-17/h4-11H2,1-3H3,(H2,18,19,21). The average molecular weight is 343 g/mol. The molecule has 0 saturated carbocycles. The summed E-state index contributed by atoms with van der Waals surface area (Å²) in [5.74, 6) is 1.61. The van der Waals surface area contributed by atoms with E-state index in [1.165, 1.54) is 0 Å². The number of unbranched alkanes of at least 4 members (excludes halogenated alkanes) is 3. The van der Waals surface area contributed by atoms with E-state index in [9.17, 15) is 0 Å². The summed E-state index contributed by atoms with van der Waals surface area (Å²) in [4.78, 5) is 12.9. The highest BCUT2D eigenvalue weighted by Crippen LogP contribution is 2.26. The number of nitrogens with two attached hydrogens (primary N) is 1. The number of nitrogen functional groups attached to an aromatic ring is 1. The number of aromatic nitrogens is 2. The fourth-order valence-corrected chi connectivity index (χ4v) is 2.14. The molecule has 0 bridgehead atoms. The van der Waals surface area contributed by atoms with Crippen molar-refractivity contribution >= 4 is 29.0 Å². The van der Waals surface area contributed by atoms with Crippen molar-refractivity contribution in [3.05, 3.63) is 5.69 Å². The fourth-order valence-electron chi connectivity index (χ4n) is 1.95. The summed E-state index contributed by atoms with van der Waals surface area (Å²) in [5.41, 5.74) is 7.22. The minimum atomic E-state index is 0.300. The Morgan fingerprint density at radius 3 is 2.61 bits per heavy atom. The van der Waals surface area contributed by atoms with Gasteiger partial charge in [-0.05, 0) is 26.2 Å². The molecule has 0 amide bonds. The Balaban J connectivity index is 2.78. The van der Waals surface area contributed by atoms with Gasteiger partial charge in [0.2, 0.25) is 0 Å². The van der Waals surface area contributed by atoms with E-state index < -0.39 is 0 Å². The van der Waals surface area contributed by atoms with Crippen molar-refractivity contribution in [1.29, 1.82) is 0 Å². The molecule has 0 aliphatic rings. The number of alkyl halides is 1. The van der Waals surface area contributed by atoms with Crippen molar-refractivity contribution in [3.63, 3.8) is 0 Å². The maximum Gasteiger partial charge on any atom is 0.318 e. The molecule has 6 nitrogen and oxygen atoms in total. The zero-order valence-corrected chi connectivity index (χ0v) is 15.0. The van der Waals surface area contributed by atoms with Crippen LogP contribution in [0.2, 0.25) is 0 Å². The maximum atomic E-state index is 5.99. The molecule has 130 valence electrons. The van der Waals surface area contributed by atoms with Gasteiger partial charge in [-0.15, -0.1) is 11.6 Å². The fraction of sp³-hybridized carbons (Fsp3) is 0.688. The Hall–Kier alpha value is -1.56. The van der Waals surface area contributed by atoms with Crippen LogP contribution in [0.3, 0.4) is 0 Å². The highest BCUT2D eigenvalue weighted by molar-refractivity contribution is 6.17. The van der Waals surface area contributed by atoms with Gasteiger partial charge in [-0.2, -0.15) is 9.97 Å². The third kappa shape index (κ3) is 7.03. The second kappa shape index (κ2) is 11.0. The van der Waals surface area contributed by atoms with Crippen LogP contribution in [0.1, 0.15) is 51.1 Å². The lowest BCUT2D eigenvalue weighted by Gasteiger charge is -2.10. The molecule has 7 heteroatoms. The van der Waals surface area contributed by atoms with E-state index in [1.54, 1.807) is 7.11 Å². The number of ether oxygens (including phenoxy) is 2. The molecule has 2 N–H and O–H groups in total. The summed E-state index contributed by atoms with van der Waals surface area (Å²) < 4.78 is 10.8. The predicted molar refractivity (Wildman–Crippen MR) is 94.9 cm³/mol. The topological polar surface area (TPSA) is 82.6 Å². The van der Waals surface area contributed by atoms with E-state index in [1.807, 2.05) is 6.92 Å². The van der Waals surface area contributed by atoms with E-state index in [0.29, 0.717) is 41.6 Å². The van der Waals surface area contributed by atoms with Crippen molar-refractivity contribution in [1.82, 2.24) is 9.97 Å². The summed E-state index contributed by atoms with van der Waals surface area (Å²) in [6, 6.07) is 0.300. The summed E-state index contributed by atoms with van der Waals surface area (Å²) in [7, 11) is 1.61. The molecular formula is C16H27ClN4O2. The normalized spacial score (nSPS) is 11.6. The predicted octanol–water partition coefficient (Wildman–Crippen LogP) is 4.02. The second-order valence-electron chi connectivity index (χ2n) is 5.24. The van der Waals surface area contributed by atoms with E-state index in [-0.39, 0.29) is 0 Å². The first-order chi connectivity index (χ1) is 11.1. The SMILES string of the molecule is CCCCOc1nc(C)c(N=C(CCCCCCl)OC)c(N)n1. The van der Waals surface area contributed by atoms with Crippen LogP contribution in [0.4, 0.5) is 11.5 Å². The Labute approximate surface area is 143 Å². The molecule has 1 aromatic heterocycles. The number of anilines is 1. The lowest BCUT2D eigenvalue weighted by molar-refractivity contribution is 0.285. The first-order valence-electron chi connectivity index (χ1n) is 8.06. The maximum absolute atomic E-state index is 5.99. The lowest BCUT2D eigenvalue weighted by atomic mass is 10.2. The van der Waals surface area contributed by atoms with Crippen LogP contribution in [0.25, 0.3) is 0 Å². The summed E-state index contributed by atoms with van der Waals surface area (Å²) in [6.07, 6.45) is 5.75. The van der Waals surface area contributed by atoms with Gasteiger partial charge in [0, 0.05) is 12.3 Å². The van der Waals surface area contributed by atoms with Crippen LogP contribution in [-0.4, -0.2) is 35.5 Å². The van der Waals surface area contributed by atoms with Gasteiger partial charge in [-0.25, -0.2) is 4.99 Å². The molecule has 0 spiro atoms. The molecule has 1 heterocycles. The lowest BCUT2D eigenvalue weighted by Crippen LogP contribution is -2.06. The van der Waals surface area contributed by atoms with Crippen molar-refractivity contribution < 1.29 is 9.47 Å². The number of hydrogen-bond acceptors (Lipinski definition) is 6. The third-order valence-electron chi connectivity index (χ3n) is 3.29. The van der Waals surface area contributed by atoms with Gasteiger partial charge in [0.25, 0.3) is 0 Å². The molecule has 0 radical (unpaired) electrons. The molecule has 0 saturated heterocycles. The van der Waals surface area contributed by atoms with Gasteiger partial charge >= 0.3 is 6.01 Å². The zero-order valence-electron chi connectivity index (χ0n) is 14.3. The smallest absolute Gasteiger partial charge is 0.318 e. The number of methoxy groups -OCH3 is 1. The minimum Gasteiger partial charge on any atom is -0.484 e.